The van der Waals surface area contributed by atoms with Gasteiger partial charge in [-0.25, -0.2) is 9.97 Å². The van der Waals surface area contributed by atoms with Gasteiger partial charge in [0.05, 0.1) is 6.04 Å². The first-order valence-corrected chi connectivity index (χ1v) is 7.87. The zero-order valence-electron chi connectivity index (χ0n) is 12.8. The van der Waals surface area contributed by atoms with Crippen LogP contribution in [0.4, 0.5) is 0 Å². The largest absolute Gasteiger partial charge is 0.307 e. The minimum absolute atomic E-state index is 0.254. The zero-order valence-corrected chi connectivity index (χ0v) is 12.8. The van der Waals surface area contributed by atoms with Crippen molar-refractivity contribution in [1.82, 2.24) is 15.3 Å². The number of hydrogen-bond acceptors (Lipinski definition) is 3. The van der Waals surface area contributed by atoms with Gasteiger partial charge in [0.2, 0.25) is 0 Å². The van der Waals surface area contributed by atoms with Crippen LogP contribution in [0.25, 0.3) is 0 Å². The van der Waals surface area contributed by atoms with Gasteiger partial charge in [-0.3, -0.25) is 0 Å². The monoisotopic (exact) mass is 281 g/mol. The second-order valence-corrected chi connectivity index (χ2v) is 5.96. The highest BCUT2D eigenvalue weighted by Gasteiger charge is 2.29. The maximum absolute atomic E-state index is 4.53. The average molecular weight is 281 g/mol. The molecular formula is C18H23N3. The number of rotatable bonds is 6. The molecule has 0 radical (unpaired) electrons. The van der Waals surface area contributed by atoms with Gasteiger partial charge in [0.25, 0.3) is 0 Å². The summed E-state index contributed by atoms with van der Waals surface area (Å²) in [7, 11) is 0. The molecule has 2 atom stereocenters. The van der Waals surface area contributed by atoms with E-state index in [0.29, 0.717) is 5.92 Å². The number of aryl methyl sites for hydroxylation is 1. The van der Waals surface area contributed by atoms with Crippen LogP contribution in [0.1, 0.15) is 54.2 Å². The molecule has 3 nitrogen and oxygen atoms in total. The summed E-state index contributed by atoms with van der Waals surface area (Å²) in [6.45, 7) is 5.23. The van der Waals surface area contributed by atoms with Gasteiger partial charge in [0, 0.05) is 12.4 Å². The first-order chi connectivity index (χ1) is 10.3. The van der Waals surface area contributed by atoms with Crippen molar-refractivity contribution in [1.29, 1.82) is 0 Å². The summed E-state index contributed by atoms with van der Waals surface area (Å²) in [5.74, 6) is 1.57. The summed E-state index contributed by atoms with van der Waals surface area (Å²) in [5, 5.41) is 3.61. The molecule has 0 fully saturated rings. The zero-order chi connectivity index (χ0) is 14.7. The lowest BCUT2D eigenvalue weighted by molar-refractivity contribution is 0.413. The molecule has 2 unspecified atom stereocenters. The highest BCUT2D eigenvalue weighted by Crippen LogP contribution is 2.40. The number of nitrogens with zero attached hydrogens (tertiary/aromatic N) is 2. The summed E-state index contributed by atoms with van der Waals surface area (Å²) < 4.78 is 0. The van der Waals surface area contributed by atoms with Gasteiger partial charge in [-0.05, 0) is 55.3 Å². The number of benzene rings is 1. The lowest BCUT2D eigenvalue weighted by atomic mass is 9.74. The quantitative estimate of drug-likeness (QED) is 0.880. The molecule has 1 aliphatic carbocycles. The Balaban J connectivity index is 1.73. The molecule has 0 amide bonds. The normalized spacial score (nSPS) is 17.9. The average Bonchev–Trinajstić information content (AvgIpc) is 2.49. The molecular weight excluding hydrogens is 258 g/mol. The fourth-order valence-corrected chi connectivity index (χ4v) is 3.04. The highest BCUT2D eigenvalue weighted by atomic mass is 15.0. The van der Waals surface area contributed by atoms with E-state index in [2.05, 4.69) is 46.5 Å². The molecule has 3 rings (SSSR count). The first kappa shape index (κ1) is 14.2. The Kier molecular flexibility index (Phi) is 4.30. The van der Waals surface area contributed by atoms with Crippen LogP contribution in [0.3, 0.4) is 0 Å². The number of nitrogens with one attached hydrogen (secondary N) is 1. The third-order valence-electron chi connectivity index (χ3n) is 4.23. The minimum Gasteiger partial charge on any atom is -0.307 e. The van der Waals surface area contributed by atoms with Gasteiger partial charge >= 0.3 is 0 Å². The minimum atomic E-state index is 0.254. The predicted molar refractivity (Wildman–Crippen MR) is 85.3 cm³/mol. The second-order valence-electron chi connectivity index (χ2n) is 5.96. The van der Waals surface area contributed by atoms with Crippen molar-refractivity contribution in [3.8, 4) is 0 Å². The molecule has 1 aromatic heterocycles. The topological polar surface area (TPSA) is 37.8 Å². The maximum atomic E-state index is 4.53. The smallest absolute Gasteiger partial charge is 0.145 e. The summed E-state index contributed by atoms with van der Waals surface area (Å²) in [6.07, 6.45) is 7.23. The molecule has 2 aromatic rings. The van der Waals surface area contributed by atoms with Gasteiger partial charge in [0.15, 0.2) is 0 Å². The Morgan fingerprint density at radius 1 is 1.24 bits per heavy atom. The number of hydrogen-bond donors (Lipinski definition) is 1. The molecule has 0 aliphatic heterocycles. The first-order valence-electron chi connectivity index (χ1n) is 7.87. The molecule has 1 heterocycles. The van der Waals surface area contributed by atoms with Crippen molar-refractivity contribution >= 4 is 0 Å². The Hall–Kier alpha value is -1.74. The van der Waals surface area contributed by atoms with Crippen LogP contribution in [0.2, 0.25) is 0 Å². The molecule has 0 bridgehead atoms. The van der Waals surface area contributed by atoms with Gasteiger partial charge in [0.1, 0.15) is 5.82 Å². The lowest BCUT2D eigenvalue weighted by Crippen LogP contribution is -2.29. The highest BCUT2D eigenvalue weighted by molar-refractivity contribution is 5.40. The van der Waals surface area contributed by atoms with E-state index in [1.54, 1.807) is 0 Å². The molecule has 0 saturated heterocycles. The van der Waals surface area contributed by atoms with Gasteiger partial charge in [-0.2, -0.15) is 0 Å². The molecule has 1 N–H and O–H groups in total. The van der Waals surface area contributed by atoms with E-state index in [4.69, 9.17) is 0 Å². The molecule has 1 aromatic carbocycles. The Labute approximate surface area is 126 Å². The summed E-state index contributed by atoms with van der Waals surface area (Å²) >= 11 is 0. The standard InChI is InChI=1S/C18H23N3/c1-3-8-19-17(18-20-11-13(2)12-21-18)10-15-9-14-6-4-5-7-16(14)15/h4-7,11-12,15,17,19H,3,8-10H2,1-2H3. The fraction of sp³-hybridized carbons (Fsp3) is 0.444. The van der Waals surface area contributed by atoms with Crippen LogP contribution in [-0.4, -0.2) is 16.5 Å². The van der Waals surface area contributed by atoms with Crippen molar-refractivity contribution in [2.75, 3.05) is 6.54 Å². The van der Waals surface area contributed by atoms with Crippen molar-refractivity contribution < 1.29 is 0 Å². The molecule has 0 spiro atoms. The number of fused-ring (bicyclic) bond motifs is 1. The molecule has 110 valence electrons. The van der Waals surface area contributed by atoms with Crippen molar-refractivity contribution in [3.05, 3.63) is 59.2 Å². The van der Waals surface area contributed by atoms with E-state index in [1.807, 2.05) is 19.3 Å². The van der Waals surface area contributed by atoms with E-state index in [0.717, 1.165) is 30.8 Å². The van der Waals surface area contributed by atoms with Crippen LogP contribution in [0, 0.1) is 6.92 Å². The van der Waals surface area contributed by atoms with Gasteiger partial charge in [-0.15, -0.1) is 0 Å². The Morgan fingerprint density at radius 2 is 2.00 bits per heavy atom. The van der Waals surface area contributed by atoms with Gasteiger partial charge < -0.3 is 5.32 Å². The Bertz CT molecular complexity index is 592. The maximum Gasteiger partial charge on any atom is 0.145 e. The molecule has 1 aliphatic rings. The fourth-order valence-electron chi connectivity index (χ4n) is 3.04. The van der Waals surface area contributed by atoms with E-state index < -0.39 is 0 Å². The van der Waals surface area contributed by atoms with Crippen molar-refractivity contribution in [3.63, 3.8) is 0 Å². The third-order valence-corrected chi connectivity index (χ3v) is 4.23. The van der Waals surface area contributed by atoms with E-state index >= 15 is 0 Å². The van der Waals surface area contributed by atoms with Crippen molar-refractivity contribution in [2.45, 2.75) is 45.1 Å². The molecule has 0 saturated carbocycles. The summed E-state index contributed by atoms with van der Waals surface area (Å²) in [6, 6.07) is 9.02. The van der Waals surface area contributed by atoms with E-state index in [-0.39, 0.29) is 6.04 Å². The van der Waals surface area contributed by atoms with Crippen LogP contribution in [-0.2, 0) is 6.42 Å². The SMILES string of the molecule is CCCNC(CC1Cc2ccccc21)c1ncc(C)cn1. The van der Waals surface area contributed by atoms with E-state index in [9.17, 15) is 0 Å². The molecule has 3 heteroatoms. The van der Waals surface area contributed by atoms with Crippen molar-refractivity contribution in [2.24, 2.45) is 0 Å². The van der Waals surface area contributed by atoms with Gasteiger partial charge in [-0.1, -0.05) is 31.2 Å². The lowest BCUT2D eigenvalue weighted by Gasteiger charge is -2.33. The van der Waals surface area contributed by atoms with Crippen LogP contribution < -0.4 is 5.32 Å². The second kappa shape index (κ2) is 6.35. The summed E-state index contributed by atoms with van der Waals surface area (Å²) in [5.41, 5.74) is 4.12. The summed E-state index contributed by atoms with van der Waals surface area (Å²) in [4.78, 5) is 9.05. The molecule has 21 heavy (non-hydrogen) atoms. The predicted octanol–water partition coefficient (Wildman–Crippen LogP) is 3.56. The third kappa shape index (κ3) is 3.13. The van der Waals surface area contributed by atoms with Crippen LogP contribution >= 0.6 is 0 Å². The van der Waals surface area contributed by atoms with Crippen LogP contribution in [0.5, 0.6) is 0 Å². The van der Waals surface area contributed by atoms with E-state index in [1.165, 1.54) is 17.5 Å². The van der Waals surface area contributed by atoms with Crippen LogP contribution in [0.15, 0.2) is 36.7 Å². The Morgan fingerprint density at radius 3 is 2.71 bits per heavy atom. The number of aromatic nitrogens is 2.